The molecule has 2 rings (SSSR count). The molecule has 0 aliphatic carbocycles. The maximum atomic E-state index is 14.3. The molecule has 0 fully saturated rings. The topological polar surface area (TPSA) is 101 Å². The van der Waals surface area contributed by atoms with Gasteiger partial charge in [0.2, 0.25) is 5.43 Å². The number of nitrogens with one attached hydrogen (secondary N) is 1. The molecule has 1 heterocycles. The van der Waals surface area contributed by atoms with E-state index in [-0.39, 0.29) is 36.5 Å². The molecule has 0 atom stereocenters. The zero-order chi connectivity index (χ0) is 18.4. The number of halogens is 1. The van der Waals surface area contributed by atoms with Crippen molar-refractivity contribution in [3.8, 4) is 0 Å². The van der Waals surface area contributed by atoms with Crippen molar-refractivity contribution in [1.82, 2.24) is 4.57 Å². The quantitative estimate of drug-likeness (QED) is 0.594. The van der Waals surface area contributed by atoms with Crippen molar-refractivity contribution in [3.05, 3.63) is 39.9 Å². The molecule has 0 spiro atoms. The van der Waals surface area contributed by atoms with Crippen molar-refractivity contribution >= 4 is 22.6 Å². The Balaban J connectivity index is 2.43. The van der Waals surface area contributed by atoms with Crippen LogP contribution in [0, 0.1) is 5.82 Å². The normalized spacial score (nSPS) is 11.0. The highest BCUT2D eigenvalue weighted by Gasteiger charge is 2.16. The van der Waals surface area contributed by atoms with Crippen molar-refractivity contribution in [2.24, 2.45) is 0 Å². The fourth-order valence-electron chi connectivity index (χ4n) is 2.55. The van der Waals surface area contributed by atoms with E-state index >= 15 is 0 Å². The van der Waals surface area contributed by atoms with Crippen LogP contribution in [-0.2, 0) is 11.3 Å². The molecule has 2 aromatic rings. The van der Waals surface area contributed by atoms with Gasteiger partial charge in [-0.3, -0.25) is 4.79 Å². The SMILES string of the molecule is CCCn1cc(C(=O)O)c(=O)c2cc(F)c(NCCOCCO)cc21. The number of carboxylic acids is 1. The minimum absolute atomic E-state index is 0.0351. The van der Waals surface area contributed by atoms with E-state index in [4.69, 9.17) is 9.84 Å². The van der Waals surface area contributed by atoms with E-state index < -0.39 is 17.2 Å². The van der Waals surface area contributed by atoms with Gasteiger partial charge in [0.05, 0.1) is 31.0 Å². The Morgan fingerprint density at radius 3 is 2.76 bits per heavy atom. The van der Waals surface area contributed by atoms with Gasteiger partial charge in [-0.2, -0.15) is 0 Å². The second kappa shape index (κ2) is 8.59. The second-order valence-electron chi connectivity index (χ2n) is 5.48. The largest absolute Gasteiger partial charge is 0.477 e. The number of carbonyl (C=O) groups is 1. The highest BCUT2D eigenvalue weighted by Crippen LogP contribution is 2.22. The predicted octanol–water partition coefficient (Wildman–Crippen LogP) is 1.67. The smallest absolute Gasteiger partial charge is 0.341 e. The second-order valence-corrected chi connectivity index (χ2v) is 5.48. The molecule has 8 heteroatoms. The lowest BCUT2D eigenvalue weighted by molar-refractivity contribution is 0.0694. The molecule has 7 nitrogen and oxygen atoms in total. The molecular formula is C17H21FN2O5. The summed E-state index contributed by atoms with van der Waals surface area (Å²) in [5, 5.41) is 20.7. The monoisotopic (exact) mass is 352 g/mol. The Kier molecular flexibility index (Phi) is 6.49. The van der Waals surface area contributed by atoms with Crippen molar-refractivity contribution in [2.45, 2.75) is 19.9 Å². The Bertz CT molecular complexity index is 819. The van der Waals surface area contributed by atoms with Crippen molar-refractivity contribution in [3.63, 3.8) is 0 Å². The molecule has 25 heavy (non-hydrogen) atoms. The minimum atomic E-state index is -1.33. The van der Waals surface area contributed by atoms with Crippen LogP contribution in [0.15, 0.2) is 23.1 Å². The first-order chi connectivity index (χ1) is 12.0. The molecule has 0 unspecified atom stereocenters. The summed E-state index contributed by atoms with van der Waals surface area (Å²) in [7, 11) is 0. The average Bonchev–Trinajstić information content (AvgIpc) is 2.58. The van der Waals surface area contributed by atoms with Crippen molar-refractivity contribution < 1.29 is 24.1 Å². The number of carboxylic acid groups (broad SMARTS) is 1. The van der Waals surface area contributed by atoms with Crippen LogP contribution in [0.25, 0.3) is 10.9 Å². The summed E-state index contributed by atoms with van der Waals surface area (Å²) in [6.07, 6.45) is 2.02. The molecule has 0 aliphatic rings. The average molecular weight is 352 g/mol. The number of aromatic nitrogens is 1. The highest BCUT2D eigenvalue weighted by atomic mass is 19.1. The Morgan fingerprint density at radius 2 is 2.12 bits per heavy atom. The van der Waals surface area contributed by atoms with Crippen LogP contribution in [0.4, 0.5) is 10.1 Å². The van der Waals surface area contributed by atoms with Gasteiger partial charge >= 0.3 is 5.97 Å². The van der Waals surface area contributed by atoms with Gasteiger partial charge in [-0.05, 0) is 18.6 Å². The molecule has 0 radical (unpaired) electrons. The summed E-state index contributed by atoms with van der Waals surface area (Å²) in [6.45, 7) is 3.16. The van der Waals surface area contributed by atoms with Gasteiger partial charge in [-0.1, -0.05) is 6.92 Å². The van der Waals surface area contributed by atoms with Crippen LogP contribution in [0.3, 0.4) is 0 Å². The van der Waals surface area contributed by atoms with Gasteiger partial charge in [0, 0.05) is 24.7 Å². The number of aromatic carboxylic acids is 1. The first-order valence-corrected chi connectivity index (χ1v) is 8.02. The number of benzene rings is 1. The summed E-state index contributed by atoms with van der Waals surface area (Å²) in [6, 6.07) is 2.56. The van der Waals surface area contributed by atoms with Crippen LogP contribution >= 0.6 is 0 Å². The number of nitrogens with zero attached hydrogens (tertiary/aromatic N) is 1. The summed E-state index contributed by atoms with van der Waals surface area (Å²) in [5.41, 5.74) is -0.408. The van der Waals surface area contributed by atoms with Gasteiger partial charge in [0.1, 0.15) is 11.4 Å². The van der Waals surface area contributed by atoms with Crippen LogP contribution in [-0.4, -0.2) is 47.1 Å². The zero-order valence-electron chi connectivity index (χ0n) is 13.9. The van der Waals surface area contributed by atoms with E-state index in [9.17, 15) is 19.1 Å². The number of aliphatic hydroxyl groups is 1. The third kappa shape index (κ3) is 4.34. The lowest BCUT2D eigenvalue weighted by atomic mass is 10.1. The highest BCUT2D eigenvalue weighted by molar-refractivity contribution is 5.93. The van der Waals surface area contributed by atoms with E-state index in [1.54, 1.807) is 4.57 Å². The van der Waals surface area contributed by atoms with Gasteiger partial charge in [0.25, 0.3) is 0 Å². The number of fused-ring (bicyclic) bond motifs is 1. The molecule has 136 valence electrons. The summed E-state index contributed by atoms with van der Waals surface area (Å²) in [5.74, 6) is -1.97. The first-order valence-electron chi connectivity index (χ1n) is 8.02. The van der Waals surface area contributed by atoms with Gasteiger partial charge in [0.15, 0.2) is 0 Å². The number of rotatable bonds is 9. The lowest BCUT2D eigenvalue weighted by Gasteiger charge is -2.14. The number of hydrogen-bond donors (Lipinski definition) is 3. The van der Waals surface area contributed by atoms with Crippen molar-refractivity contribution in [1.29, 1.82) is 0 Å². The number of aryl methyl sites for hydroxylation is 1. The Morgan fingerprint density at radius 1 is 1.36 bits per heavy atom. The molecule has 3 N–H and O–H groups in total. The van der Waals surface area contributed by atoms with E-state index in [0.717, 1.165) is 12.5 Å². The standard InChI is InChI=1S/C17H21FN2O5/c1-2-4-20-10-12(17(23)24)16(22)11-8-13(18)14(9-15(11)20)19-3-6-25-7-5-21/h8-10,19,21H,2-7H2,1H3,(H,23,24). The lowest BCUT2D eigenvalue weighted by Crippen LogP contribution is -2.20. The first kappa shape index (κ1) is 18.9. The summed E-state index contributed by atoms with van der Waals surface area (Å²) >= 11 is 0. The van der Waals surface area contributed by atoms with Crippen molar-refractivity contribution in [2.75, 3.05) is 31.7 Å². The molecule has 0 amide bonds. The number of hydrogen-bond acceptors (Lipinski definition) is 5. The third-order valence-electron chi connectivity index (χ3n) is 3.66. The summed E-state index contributed by atoms with van der Waals surface area (Å²) in [4.78, 5) is 23.5. The van der Waals surface area contributed by atoms with Crippen LogP contribution in [0.5, 0.6) is 0 Å². The van der Waals surface area contributed by atoms with Crippen LogP contribution in [0.1, 0.15) is 23.7 Å². The molecule has 1 aromatic heterocycles. The molecule has 0 saturated heterocycles. The van der Waals surface area contributed by atoms with Crippen LogP contribution < -0.4 is 10.7 Å². The molecule has 1 aromatic carbocycles. The Labute approximate surface area is 143 Å². The number of ether oxygens (including phenoxy) is 1. The van der Waals surface area contributed by atoms with E-state index in [1.807, 2.05) is 6.92 Å². The van der Waals surface area contributed by atoms with Gasteiger partial charge in [-0.15, -0.1) is 0 Å². The number of anilines is 1. The van der Waals surface area contributed by atoms with Gasteiger partial charge in [-0.25, -0.2) is 9.18 Å². The van der Waals surface area contributed by atoms with E-state index in [2.05, 4.69) is 5.32 Å². The third-order valence-corrected chi connectivity index (χ3v) is 3.66. The number of pyridine rings is 1. The fraction of sp³-hybridized carbons (Fsp3) is 0.412. The maximum absolute atomic E-state index is 14.3. The van der Waals surface area contributed by atoms with E-state index in [1.165, 1.54) is 12.3 Å². The Hall–Kier alpha value is -2.45. The van der Waals surface area contributed by atoms with Crippen LogP contribution in [0.2, 0.25) is 0 Å². The minimum Gasteiger partial charge on any atom is -0.477 e. The fourth-order valence-corrected chi connectivity index (χ4v) is 2.55. The van der Waals surface area contributed by atoms with Gasteiger partial charge < -0.3 is 24.8 Å². The maximum Gasteiger partial charge on any atom is 0.341 e. The molecule has 0 aliphatic heterocycles. The zero-order valence-corrected chi connectivity index (χ0v) is 13.9. The predicted molar refractivity (Wildman–Crippen MR) is 91.8 cm³/mol. The molecule has 0 saturated carbocycles. The number of aliphatic hydroxyl groups excluding tert-OH is 1. The van der Waals surface area contributed by atoms with E-state index in [0.29, 0.717) is 18.6 Å². The molecule has 0 bridgehead atoms. The summed E-state index contributed by atoms with van der Waals surface area (Å²) < 4.78 is 21.0. The molecular weight excluding hydrogens is 331 g/mol.